The van der Waals surface area contributed by atoms with Gasteiger partial charge in [0.1, 0.15) is 4.75 Å². The highest BCUT2D eigenvalue weighted by Gasteiger charge is 2.68. The minimum atomic E-state index is -3.51. The maximum atomic E-state index is 12.4. The van der Waals surface area contributed by atoms with Crippen LogP contribution in [0, 0.1) is 0 Å². The van der Waals surface area contributed by atoms with Crippen LogP contribution >= 0.6 is 0 Å². The third-order valence-electron chi connectivity index (χ3n) is 3.33. The lowest BCUT2D eigenvalue weighted by Gasteiger charge is -2.39. The fourth-order valence-corrected chi connectivity index (χ4v) is 4.31. The minimum Gasteiger partial charge on any atom is -0.465 e. The van der Waals surface area contributed by atoms with Crippen molar-refractivity contribution in [1.82, 2.24) is 0 Å². The molecule has 2 rings (SSSR count). The van der Waals surface area contributed by atoms with E-state index in [-0.39, 0.29) is 19.8 Å². The number of hydrogen-bond acceptors (Lipinski definition) is 5. The highest BCUT2D eigenvalue weighted by Crippen LogP contribution is 2.50. The first-order valence-electron chi connectivity index (χ1n) is 5.39. The van der Waals surface area contributed by atoms with Gasteiger partial charge in [0.25, 0.3) is 0 Å². The Kier molecular flexibility index (Phi) is 2.54. The second-order valence-corrected chi connectivity index (χ2v) is 7.43. The molecule has 0 aromatic carbocycles. The summed E-state index contributed by atoms with van der Waals surface area (Å²) >= 11 is 0. The maximum absolute atomic E-state index is 12.4. The molecular formula is C10H16O5S. The average Bonchev–Trinajstić information content (AvgIpc) is 2.95. The molecule has 5 nitrogen and oxygen atoms in total. The molecule has 0 radical (unpaired) electrons. The Morgan fingerprint density at radius 2 is 1.94 bits per heavy atom. The Hall–Kier alpha value is -0.620. The van der Waals surface area contributed by atoms with Crippen molar-refractivity contribution < 1.29 is 22.7 Å². The summed E-state index contributed by atoms with van der Waals surface area (Å²) in [7, 11) is -3.51. The summed E-state index contributed by atoms with van der Waals surface area (Å²) in [5.41, 5.74) is 0. The molecular weight excluding hydrogens is 232 g/mol. The predicted molar refractivity (Wildman–Crippen MR) is 56.7 cm³/mol. The molecule has 1 heterocycles. The molecule has 2 aliphatic rings. The third kappa shape index (κ3) is 1.32. The fraction of sp³-hybridized carbons (Fsp3) is 0.900. The van der Waals surface area contributed by atoms with Gasteiger partial charge in [-0.1, -0.05) is 0 Å². The van der Waals surface area contributed by atoms with Gasteiger partial charge in [-0.3, -0.25) is 4.79 Å². The van der Waals surface area contributed by atoms with Crippen LogP contribution in [0.4, 0.5) is 0 Å². The molecule has 6 heteroatoms. The monoisotopic (exact) mass is 248 g/mol. The zero-order valence-electron chi connectivity index (χ0n) is 9.49. The Balaban J connectivity index is 2.27. The molecule has 2 fully saturated rings. The van der Waals surface area contributed by atoms with Crippen LogP contribution in [0.3, 0.4) is 0 Å². The fourth-order valence-electron chi connectivity index (χ4n) is 1.98. The number of carbonyl (C=O) groups excluding carboxylic acids is 1. The predicted octanol–water partition coefficient (Wildman–Crippen LogP) is 0.286. The van der Waals surface area contributed by atoms with Crippen molar-refractivity contribution in [3.63, 3.8) is 0 Å². The first-order chi connectivity index (χ1) is 7.40. The molecule has 1 aliphatic carbocycles. The van der Waals surface area contributed by atoms with E-state index in [4.69, 9.17) is 9.47 Å². The summed E-state index contributed by atoms with van der Waals surface area (Å²) in [4.78, 5) is 11.7. The summed E-state index contributed by atoms with van der Waals surface area (Å²) in [5.74, 6) is -0.594. The van der Waals surface area contributed by atoms with Gasteiger partial charge in [-0.05, 0) is 26.7 Å². The van der Waals surface area contributed by atoms with Crippen molar-refractivity contribution in [3.05, 3.63) is 0 Å². The highest BCUT2D eigenvalue weighted by atomic mass is 32.2. The summed E-state index contributed by atoms with van der Waals surface area (Å²) < 4.78 is 32.3. The lowest BCUT2D eigenvalue weighted by Crippen LogP contribution is -2.58. The van der Waals surface area contributed by atoms with E-state index >= 15 is 0 Å². The van der Waals surface area contributed by atoms with Crippen LogP contribution in [-0.4, -0.2) is 43.7 Å². The van der Waals surface area contributed by atoms with Gasteiger partial charge in [0.2, 0.25) is 0 Å². The molecule has 1 saturated heterocycles. The molecule has 0 atom stereocenters. The molecule has 1 aliphatic heterocycles. The summed E-state index contributed by atoms with van der Waals surface area (Å²) in [6.07, 6.45) is 0.757. The van der Waals surface area contributed by atoms with Crippen molar-refractivity contribution in [1.29, 1.82) is 0 Å². The lowest BCUT2D eigenvalue weighted by atomic mass is 10.1. The number of sulfone groups is 1. The highest BCUT2D eigenvalue weighted by molar-refractivity contribution is 7.95. The molecule has 16 heavy (non-hydrogen) atoms. The summed E-state index contributed by atoms with van der Waals surface area (Å²) in [6, 6.07) is 0. The van der Waals surface area contributed by atoms with Crippen molar-refractivity contribution in [2.75, 3.05) is 19.8 Å². The third-order valence-corrected chi connectivity index (χ3v) is 6.47. The zero-order chi connectivity index (χ0) is 12.0. The second-order valence-electron chi connectivity index (χ2n) is 4.66. The number of esters is 1. The average molecular weight is 248 g/mol. The van der Waals surface area contributed by atoms with E-state index in [9.17, 15) is 13.2 Å². The second kappa shape index (κ2) is 3.43. The number of rotatable bonds is 4. The molecule has 0 spiro atoms. The molecule has 0 N–H and O–H groups in total. The molecule has 0 amide bonds. The van der Waals surface area contributed by atoms with Crippen LogP contribution in [0.2, 0.25) is 0 Å². The van der Waals surface area contributed by atoms with E-state index in [1.54, 1.807) is 13.8 Å². The van der Waals surface area contributed by atoms with Gasteiger partial charge in [0, 0.05) is 0 Å². The first kappa shape index (κ1) is 11.9. The molecule has 0 aromatic rings. The van der Waals surface area contributed by atoms with E-state index in [1.165, 1.54) is 0 Å². The largest absolute Gasteiger partial charge is 0.465 e. The summed E-state index contributed by atoms with van der Waals surface area (Å²) in [5, 5.41) is 0. The van der Waals surface area contributed by atoms with Gasteiger partial charge >= 0.3 is 5.97 Å². The minimum absolute atomic E-state index is 0.177. The van der Waals surface area contributed by atoms with Gasteiger partial charge in [-0.15, -0.1) is 0 Å². The van der Waals surface area contributed by atoms with E-state index in [0.717, 1.165) is 0 Å². The van der Waals surface area contributed by atoms with Crippen LogP contribution in [0.5, 0.6) is 0 Å². The SMILES string of the molecule is CCOC(=O)C1(S(=O)(=O)C2(C)COC2)CC1. The van der Waals surface area contributed by atoms with Crippen LogP contribution in [0.15, 0.2) is 0 Å². The van der Waals surface area contributed by atoms with Gasteiger partial charge in [-0.2, -0.15) is 0 Å². The normalized spacial score (nSPS) is 25.6. The smallest absolute Gasteiger partial charge is 0.327 e. The molecule has 0 unspecified atom stereocenters. The maximum Gasteiger partial charge on any atom is 0.327 e. The number of hydrogen-bond donors (Lipinski definition) is 0. The Labute approximate surface area is 95.0 Å². The Bertz CT molecular complexity index is 403. The lowest BCUT2D eigenvalue weighted by molar-refractivity contribution is -0.143. The quantitative estimate of drug-likeness (QED) is 0.669. The van der Waals surface area contributed by atoms with Gasteiger partial charge in [-0.25, -0.2) is 8.42 Å². The number of carbonyl (C=O) groups is 1. The topological polar surface area (TPSA) is 69.7 Å². The van der Waals surface area contributed by atoms with Crippen LogP contribution in [0.25, 0.3) is 0 Å². The standard InChI is InChI=1S/C10H16O5S/c1-3-15-8(11)10(4-5-10)16(12,13)9(2)6-14-7-9/h3-7H2,1-2H3. The van der Waals surface area contributed by atoms with E-state index in [2.05, 4.69) is 0 Å². The van der Waals surface area contributed by atoms with Crippen molar-refractivity contribution in [2.45, 2.75) is 36.2 Å². The first-order valence-corrected chi connectivity index (χ1v) is 6.87. The van der Waals surface area contributed by atoms with E-state index in [0.29, 0.717) is 12.8 Å². The van der Waals surface area contributed by atoms with Gasteiger partial charge < -0.3 is 9.47 Å². The van der Waals surface area contributed by atoms with Crippen molar-refractivity contribution in [3.8, 4) is 0 Å². The Morgan fingerprint density at radius 1 is 1.38 bits per heavy atom. The van der Waals surface area contributed by atoms with Crippen molar-refractivity contribution >= 4 is 15.8 Å². The van der Waals surface area contributed by atoms with Crippen LogP contribution in [-0.2, 0) is 24.1 Å². The van der Waals surface area contributed by atoms with Gasteiger partial charge in [0.05, 0.1) is 19.8 Å². The van der Waals surface area contributed by atoms with Crippen molar-refractivity contribution in [2.24, 2.45) is 0 Å². The zero-order valence-corrected chi connectivity index (χ0v) is 10.3. The van der Waals surface area contributed by atoms with E-state index in [1.807, 2.05) is 0 Å². The Morgan fingerprint density at radius 3 is 2.25 bits per heavy atom. The molecule has 92 valence electrons. The molecule has 0 aromatic heterocycles. The molecule has 1 saturated carbocycles. The number of ether oxygens (including phenoxy) is 2. The summed E-state index contributed by atoms with van der Waals surface area (Å²) in [6.45, 7) is 3.87. The van der Waals surface area contributed by atoms with E-state index < -0.39 is 25.3 Å². The van der Waals surface area contributed by atoms with Crippen LogP contribution < -0.4 is 0 Å². The van der Waals surface area contributed by atoms with Gasteiger partial charge in [0.15, 0.2) is 14.6 Å². The van der Waals surface area contributed by atoms with Crippen LogP contribution in [0.1, 0.15) is 26.7 Å². The molecule has 0 bridgehead atoms.